The molecule has 0 unspecified atom stereocenters. The van der Waals surface area contributed by atoms with Crippen LogP contribution in [0.4, 0.5) is 11.4 Å². The van der Waals surface area contributed by atoms with E-state index in [1.807, 2.05) is 24.3 Å². The molecule has 5 heteroatoms. The van der Waals surface area contributed by atoms with E-state index in [4.69, 9.17) is 11.6 Å². The lowest BCUT2D eigenvalue weighted by Crippen LogP contribution is -2.44. The van der Waals surface area contributed by atoms with E-state index in [2.05, 4.69) is 40.4 Å². The van der Waals surface area contributed by atoms with E-state index in [-0.39, 0.29) is 5.91 Å². The standard InChI is InChI=1S/C20H20ClN3O/c1-23-8-10-24(11-9-23)19-5-3-2-4-14(19)12-17-16-7-6-15(21)13-18(16)22-20(17)25/h2-7,12-13H,8-11H2,1H3,(H,22,25). The van der Waals surface area contributed by atoms with Gasteiger partial charge in [0.1, 0.15) is 0 Å². The second-order valence-electron chi connectivity index (χ2n) is 6.55. The van der Waals surface area contributed by atoms with Crippen molar-refractivity contribution < 1.29 is 4.79 Å². The molecule has 2 aliphatic heterocycles. The number of nitrogens with zero attached hydrogens (tertiary/aromatic N) is 2. The van der Waals surface area contributed by atoms with Crippen LogP contribution in [0.3, 0.4) is 0 Å². The first-order chi connectivity index (χ1) is 12.1. The monoisotopic (exact) mass is 353 g/mol. The van der Waals surface area contributed by atoms with Crippen molar-refractivity contribution in [2.45, 2.75) is 0 Å². The van der Waals surface area contributed by atoms with E-state index in [1.54, 1.807) is 6.07 Å². The largest absolute Gasteiger partial charge is 0.368 e. The van der Waals surface area contributed by atoms with Crippen LogP contribution in [0.1, 0.15) is 11.1 Å². The van der Waals surface area contributed by atoms with E-state index in [9.17, 15) is 4.79 Å². The summed E-state index contributed by atoms with van der Waals surface area (Å²) in [7, 11) is 2.15. The number of carbonyl (C=O) groups excluding carboxylic acids is 1. The number of hydrogen-bond donors (Lipinski definition) is 1. The summed E-state index contributed by atoms with van der Waals surface area (Å²) < 4.78 is 0. The van der Waals surface area contributed by atoms with Crippen LogP contribution >= 0.6 is 11.6 Å². The minimum absolute atomic E-state index is 0.0783. The smallest absolute Gasteiger partial charge is 0.256 e. The van der Waals surface area contributed by atoms with E-state index in [0.29, 0.717) is 10.6 Å². The summed E-state index contributed by atoms with van der Waals surface area (Å²) in [5, 5.41) is 3.52. The van der Waals surface area contributed by atoms with Gasteiger partial charge in [-0.3, -0.25) is 4.79 Å². The number of fused-ring (bicyclic) bond motifs is 1. The third-order valence-corrected chi connectivity index (χ3v) is 5.08. The molecular weight excluding hydrogens is 334 g/mol. The number of carbonyl (C=O) groups is 1. The normalized spacial score (nSPS) is 19.2. The molecule has 1 saturated heterocycles. The third kappa shape index (κ3) is 3.15. The summed E-state index contributed by atoms with van der Waals surface area (Å²) in [5.41, 5.74) is 4.62. The molecule has 128 valence electrons. The molecule has 0 atom stereocenters. The molecular formula is C20H20ClN3O. The quantitative estimate of drug-likeness (QED) is 0.838. The van der Waals surface area contributed by atoms with Crippen molar-refractivity contribution in [1.29, 1.82) is 0 Å². The Labute approximate surface area is 152 Å². The highest BCUT2D eigenvalue weighted by molar-refractivity contribution is 6.36. The second kappa shape index (κ2) is 6.54. The predicted octanol–water partition coefficient (Wildman–Crippen LogP) is 3.58. The van der Waals surface area contributed by atoms with Crippen molar-refractivity contribution >= 4 is 40.5 Å². The lowest BCUT2D eigenvalue weighted by atomic mass is 10.0. The fourth-order valence-corrected chi connectivity index (χ4v) is 3.58. The Morgan fingerprint density at radius 2 is 1.84 bits per heavy atom. The highest BCUT2D eigenvalue weighted by atomic mass is 35.5. The molecule has 0 bridgehead atoms. The highest BCUT2D eigenvalue weighted by Gasteiger charge is 2.25. The molecule has 2 aromatic rings. The van der Waals surface area contributed by atoms with Crippen LogP contribution in [0.5, 0.6) is 0 Å². The van der Waals surface area contributed by atoms with E-state index >= 15 is 0 Å². The van der Waals surface area contributed by atoms with Crippen LogP contribution in [0, 0.1) is 0 Å². The minimum Gasteiger partial charge on any atom is -0.368 e. The Morgan fingerprint density at radius 3 is 2.64 bits per heavy atom. The predicted molar refractivity (Wildman–Crippen MR) is 104 cm³/mol. The first-order valence-corrected chi connectivity index (χ1v) is 8.85. The second-order valence-corrected chi connectivity index (χ2v) is 6.99. The average molecular weight is 354 g/mol. The molecule has 0 aromatic heterocycles. The molecule has 4 nitrogen and oxygen atoms in total. The van der Waals surface area contributed by atoms with Gasteiger partial charge in [0.05, 0.1) is 5.69 Å². The average Bonchev–Trinajstić information content (AvgIpc) is 2.91. The van der Waals surface area contributed by atoms with Gasteiger partial charge in [-0.1, -0.05) is 35.9 Å². The van der Waals surface area contributed by atoms with Crippen LogP contribution in [0.15, 0.2) is 42.5 Å². The topological polar surface area (TPSA) is 35.6 Å². The van der Waals surface area contributed by atoms with Crippen molar-refractivity contribution in [2.24, 2.45) is 0 Å². The molecule has 0 radical (unpaired) electrons. The number of para-hydroxylation sites is 1. The first-order valence-electron chi connectivity index (χ1n) is 8.47. The van der Waals surface area contributed by atoms with Crippen molar-refractivity contribution in [2.75, 3.05) is 43.4 Å². The molecule has 1 amide bonds. The molecule has 2 heterocycles. The number of anilines is 2. The van der Waals surface area contributed by atoms with E-state index < -0.39 is 0 Å². The Kier molecular flexibility index (Phi) is 4.24. The number of amides is 1. The molecule has 0 saturated carbocycles. The molecule has 2 aromatic carbocycles. The third-order valence-electron chi connectivity index (χ3n) is 4.85. The van der Waals surface area contributed by atoms with Crippen molar-refractivity contribution in [3.05, 3.63) is 58.6 Å². The lowest BCUT2D eigenvalue weighted by Gasteiger charge is -2.35. The van der Waals surface area contributed by atoms with Gasteiger partial charge in [0.15, 0.2) is 0 Å². The molecule has 2 aliphatic rings. The van der Waals surface area contributed by atoms with Crippen molar-refractivity contribution in [3.63, 3.8) is 0 Å². The summed E-state index contributed by atoms with van der Waals surface area (Å²) in [4.78, 5) is 17.2. The number of nitrogens with one attached hydrogen (secondary N) is 1. The van der Waals surface area contributed by atoms with E-state index in [1.165, 1.54) is 5.69 Å². The summed E-state index contributed by atoms with van der Waals surface area (Å²) >= 11 is 6.04. The molecule has 25 heavy (non-hydrogen) atoms. The number of benzene rings is 2. The highest BCUT2D eigenvalue weighted by Crippen LogP contribution is 2.36. The Morgan fingerprint density at radius 1 is 1.08 bits per heavy atom. The van der Waals surface area contributed by atoms with Gasteiger partial charge in [0, 0.05) is 48.0 Å². The number of likely N-dealkylation sites (N-methyl/N-ethyl adjacent to an activating group) is 1. The van der Waals surface area contributed by atoms with Crippen LogP contribution < -0.4 is 10.2 Å². The van der Waals surface area contributed by atoms with E-state index in [0.717, 1.165) is 43.0 Å². The number of hydrogen-bond acceptors (Lipinski definition) is 3. The number of rotatable bonds is 2. The summed E-state index contributed by atoms with van der Waals surface area (Å²) in [6.07, 6.45) is 1.99. The lowest BCUT2D eigenvalue weighted by molar-refractivity contribution is -0.110. The molecule has 1 fully saturated rings. The Bertz CT molecular complexity index is 854. The maximum Gasteiger partial charge on any atom is 0.256 e. The molecule has 0 aliphatic carbocycles. The van der Waals surface area contributed by atoms with Gasteiger partial charge in [-0.15, -0.1) is 0 Å². The fraction of sp³-hybridized carbons (Fsp3) is 0.250. The Balaban J connectivity index is 1.72. The van der Waals surface area contributed by atoms with Crippen molar-refractivity contribution in [3.8, 4) is 0 Å². The SMILES string of the molecule is CN1CCN(c2ccccc2C=C2C(=O)Nc3cc(Cl)ccc32)CC1. The zero-order valence-electron chi connectivity index (χ0n) is 14.1. The maximum atomic E-state index is 12.4. The van der Waals surface area contributed by atoms with Gasteiger partial charge < -0.3 is 15.1 Å². The summed E-state index contributed by atoms with van der Waals surface area (Å²) in [6, 6.07) is 13.8. The van der Waals surface area contributed by atoms with Gasteiger partial charge in [-0.05, 0) is 36.9 Å². The number of piperazine rings is 1. The van der Waals surface area contributed by atoms with Crippen LogP contribution in [0.2, 0.25) is 5.02 Å². The minimum atomic E-state index is -0.0783. The molecule has 1 N–H and O–H groups in total. The maximum absolute atomic E-state index is 12.4. The fourth-order valence-electron chi connectivity index (χ4n) is 3.41. The van der Waals surface area contributed by atoms with Gasteiger partial charge in [0.25, 0.3) is 5.91 Å². The van der Waals surface area contributed by atoms with Crippen LogP contribution in [-0.4, -0.2) is 44.0 Å². The first kappa shape index (κ1) is 16.2. The summed E-state index contributed by atoms with van der Waals surface area (Å²) in [6.45, 7) is 4.09. The van der Waals surface area contributed by atoms with Gasteiger partial charge >= 0.3 is 0 Å². The molecule has 0 spiro atoms. The zero-order valence-corrected chi connectivity index (χ0v) is 14.9. The van der Waals surface area contributed by atoms with Gasteiger partial charge in [-0.25, -0.2) is 0 Å². The molecule has 4 rings (SSSR count). The van der Waals surface area contributed by atoms with Crippen LogP contribution in [0.25, 0.3) is 11.6 Å². The van der Waals surface area contributed by atoms with Crippen LogP contribution in [-0.2, 0) is 4.79 Å². The van der Waals surface area contributed by atoms with Gasteiger partial charge in [-0.2, -0.15) is 0 Å². The Hall–Kier alpha value is -2.30. The van der Waals surface area contributed by atoms with Crippen molar-refractivity contribution in [1.82, 2.24) is 4.90 Å². The zero-order chi connectivity index (χ0) is 17.4. The summed E-state index contributed by atoms with van der Waals surface area (Å²) in [5.74, 6) is -0.0783. The van der Waals surface area contributed by atoms with Gasteiger partial charge in [0.2, 0.25) is 0 Å². The number of halogens is 1.